The Balaban J connectivity index is 1.94. The maximum Gasteiger partial charge on any atom is 0.250 e. The number of hydrogen-bond donors (Lipinski definition) is 25. The van der Waals surface area contributed by atoms with E-state index in [0.29, 0.717) is 19.3 Å². The van der Waals surface area contributed by atoms with Crippen LogP contribution in [0.25, 0.3) is 0 Å². The molecule has 0 aromatic heterocycles. The van der Waals surface area contributed by atoms with Crippen molar-refractivity contribution in [1.82, 2.24) is 9.80 Å². The molecule has 0 bridgehead atoms. The van der Waals surface area contributed by atoms with E-state index in [4.69, 9.17) is 16.2 Å². The number of amides is 2. The highest BCUT2D eigenvalue weighted by Crippen LogP contribution is 2.32. The number of benzene rings is 1. The van der Waals surface area contributed by atoms with Gasteiger partial charge < -0.3 is 122 Å². The van der Waals surface area contributed by atoms with Crippen molar-refractivity contribution in [2.24, 2.45) is 108 Å². The maximum absolute atomic E-state index is 14.7. The van der Waals surface area contributed by atoms with E-state index in [1.54, 1.807) is 78.8 Å². The van der Waals surface area contributed by atoms with Gasteiger partial charge in [0.05, 0.1) is 12.6 Å². The van der Waals surface area contributed by atoms with E-state index < -0.39 is 278 Å². The van der Waals surface area contributed by atoms with Crippen LogP contribution in [0.5, 0.6) is 0 Å². The third-order valence-electron chi connectivity index (χ3n) is 22.9. The molecule has 0 spiro atoms. The van der Waals surface area contributed by atoms with E-state index in [0.717, 1.165) is 5.56 Å². The SMILES string of the molecule is CC[C@](C)(N=C(O)C(C)(C)N=C(O)[C@@H](N=C(O)[C@@H]1CCCN1C(=O)C(C)(C)N=C(O)[C@H](CC(C)C)N=C(O)CN=C(O)C(C)(C)N=C(O)[C@@H](N=C(O)C(C)(C)N=C(O)[C@H](CCC(=N)O)N=C(O)C(C)(C)N=C(O)C(C)(C)N=C(O)[C@H](C)N=C(O)C(C)(C)N=C(O)[C@@H]1CCCN1C(=O)C(C)(C)N=C(C)O)C(C)C)C(C)C)C(O)=N[C@@H](CCC(=N)O)C(O)=N[C@@H](CCC(=N)O)C(O)=N[C@H](CO)Cc1ccccc1. The van der Waals surface area contributed by atoms with Gasteiger partial charge in [0, 0.05) is 39.3 Å². The molecule has 2 heterocycles. The van der Waals surface area contributed by atoms with Gasteiger partial charge in [-0.2, -0.15) is 0 Å². The number of rotatable bonds is 54. The monoisotopic (exact) mass is 1990 g/mol. The molecule has 1 aromatic carbocycles. The van der Waals surface area contributed by atoms with Crippen LogP contribution in [-0.2, 0) is 16.0 Å². The van der Waals surface area contributed by atoms with Gasteiger partial charge >= 0.3 is 0 Å². The van der Waals surface area contributed by atoms with Crippen molar-refractivity contribution < 1.29 is 122 Å². The molecule has 790 valence electrons. The Labute approximate surface area is 823 Å². The summed E-state index contributed by atoms with van der Waals surface area (Å²) >= 11 is 0. The first-order valence-corrected chi connectivity index (χ1v) is 46.7. The molecule has 0 unspecified atom stereocenters. The number of hydrogen-bond acceptors (Lipinski definition) is 24. The first-order chi connectivity index (χ1) is 64.6. The van der Waals surface area contributed by atoms with E-state index >= 15 is 0 Å². The summed E-state index contributed by atoms with van der Waals surface area (Å²) in [5.74, 6) is -17.9. The van der Waals surface area contributed by atoms with Gasteiger partial charge in [-0.3, -0.25) is 25.8 Å². The highest BCUT2D eigenvalue weighted by Gasteiger charge is 2.46. The van der Waals surface area contributed by atoms with E-state index in [2.05, 4.69) is 89.9 Å². The number of carbonyl (C=O) groups excluding carboxylic acids is 2. The fourth-order valence-electron chi connectivity index (χ4n) is 14.2. The molecule has 2 fully saturated rings. The minimum Gasteiger partial charge on any atom is -0.497 e. The highest BCUT2D eigenvalue weighted by atomic mass is 16.3. The van der Waals surface area contributed by atoms with Crippen LogP contribution in [0.1, 0.15) is 263 Å². The molecular formula is C94H155N23O24. The minimum atomic E-state index is -1.89. The molecule has 2 aliphatic rings. The van der Waals surface area contributed by atoms with Crippen molar-refractivity contribution in [3.8, 4) is 0 Å². The fourth-order valence-corrected chi connectivity index (χ4v) is 14.2. The van der Waals surface area contributed by atoms with Crippen molar-refractivity contribution in [1.29, 1.82) is 16.2 Å². The predicted molar refractivity (Wildman–Crippen MR) is 554 cm³/mol. The number of likely N-dealkylation sites (tertiary alicyclic amines) is 2. The zero-order valence-corrected chi connectivity index (χ0v) is 86.0. The Morgan fingerprint density at radius 2 is 0.766 bits per heavy atom. The van der Waals surface area contributed by atoms with Gasteiger partial charge in [-0.05, 0) is 212 Å². The van der Waals surface area contributed by atoms with Gasteiger partial charge in [0.25, 0.3) is 11.8 Å². The Kier molecular flexibility index (Phi) is 44.5. The number of nitrogens with one attached hydrogen (secondary N) is 3. The standard InChI is InChI=1S/C94H155N23O24/c1-27-94(26,83(139)104-57(38-41-63(96)121)70(126)102-56(37-40-62(95)120)69(125)100-55(48-118)46-54-33-29-28-30-34-54)115-82(138)91(20,21)113-75(131)66(50(4)5)105-73(129)60-35-31-43-116(60)85(141)93(24,25)110-72(128)59(45-49(2)3)101-65(123)47-98-77(133)86(10,11)112-76(132)67(51(6)7)106-80(136)88(14,15)109-71(127)58(39-42-64(97)122)103-79(135)89(16,17)114-81(137)90(18,19)108-68(124)52(8)99-78(134)87(12,13)111-74(130)61-36-32-44-117(61)84(140)92(22,23)107-53(9)119/h28-30,33-34,49-52,55-61,66-67,118H,27,31-32,35-48H2,1-26H3,(H2,95,120)(H2,96,121)(H2,97,122)(H,98,133)(H,99,134)(H,100,125)(H,101,123)(H,102,126)(H,103,135)(H,104,139)(H,105,129)(H,106,136)(H,107,119)(H,108,124)(H,109,127)(H,110,128)(H,111,130)(H,112,132)(H,113,131)(H,114,137)(H,115,138)/t52-,55-,56-,57-,58-,59-,60-,61-,66-,67-,94-/m0/s1. The summed E-state index contributed by atoms with van der Waals surface area (Å²) in [7, 11) is 0. The number of aliphatic hydroxyl groups excluding tert-OH is 22. The van der Waals surface area contributed by atoms with E-state index in [9.17, 15) is 122 Å². The third-order valence-corrected chi connectivity index (χ3v) is 22.9. The number of aliphatic imine (C=N–C) groups is 18. The van der Waals surface area contributed by atoms with E-state index in [-0.39, 0.29) is 76.3 Å². The first-order valence-electron chi connectivity index (χ1n) is 46.7. The van der Waals surface area contributed by atoms with E-state index in [1.807, 2.05) is 0 Å². The van der Waals surface area contributed by atoms with Crippen molar-refractivity contribution in [2.45, 2.75) is 374 Å². The fraction of sp³-hybridized carbons (Fsp3) is 0.691. The Hall–Kier alpha value is -13.0. The zero-order chi connectivity index (χ0) is 108. The van der Waals surface area contributed by atoms with Gasteiger partial charge in [-0.25, -0.2) is 89.9 Å². The molecule has 141 heavy (non-hydrogen) atoms. The second-order valence-electron chi connectivity index (χ2n) is 40.4. The number of nitrogens with zero attached hydrogens (tertiary/aromatic N) is 20. The Morgan fingerprint density at radius 3 is 1.23 bits per heavy atom. The summed E-state index contributed by atoms with van der Waals surface area (Å²) in [6.45, 7) is 36.8. The lowest BCUT2D eigenvalue weighted by atomic mass is 9.97. The molecule has 3 rings (SSSR count). The van der Waals surface area contributed by atoms with Crippen LogP contribution in [0.3, 0.4) is 0 Å². The van der Waals surface area contributed by atoms with Crippen molar-refractivity contribution in [3.05, 3.63) is 35.9 Å². The summed E-state index contributed by atoms with van der Waals surface area (Å²) in [5, 5.41) is 268. The highest BCUT2D eigenvalue weighted by molar-refractivity contribution is 6.01. The van der Waals surface area contributed by atoms with E-state index in [1.165, 1.54) is 141 Å². The van der Waals surface area contributed by atoms with Crippen LogP contribution < -0.4 is 0 Å². The molecular weight excluding hydrogens is 1840 g/mol. The second kappa shape index (κ2) is 51.4. The van der Waals surface area contributed by atoms with Crippen molar-refractivity contribution in [2.75, 3.05) is 26.2 Å². The van der Waals surface area contributed by atoms with Gasteiger partial charge in [0.2, 0.25) is 100 Å². The van der Waals surface area contributed by atoms with Crippen LogP contribution in [0.2, 0.25) is 0 Å². The quantitative estimate of drug-likeness (QED) is 0.0213. The molecule has 0 radical (unpaired) electrons. The summed E-state index contributed by atoms with van der Waals surface area (Å²) in [6, 6.07) is -3.86. The van der Waals surface area contributed by atoms with Crippen molar-refractivity contribution in [3.63, 3.8) is 0 Å². The normalized spacial score (nSPS) is 19.7. The van der Waals surface area contributed by atoms with Crippen LogP contribution in [0, 0.1) is 34.0 Å². The van der Waals surface area contributed by atoms with Gasteiger partial charge in [-0.15, -0.1) is 0 Å². The molecule has 25 N–H and O–H groups in total. The molecule has 0 saturated carbocycles. The summed E-state index contributed by atoms with van der Waals surface area (Å²) < 4.78 is 0. The lowest BCUT2D eigenvalue weighted by Gasteiger charge is -2.31. The zero-order valence-electron chi connectivity index (χ0n) is 86.0. The molecule has 0 aliphatic carbocycles. The van der Waals surface area contributed by atoms with Gasteiger partial charge in [0.15, 0.2) is 23.6 Å². The summed E-state index contributed by atoms with van der Waals surface area (Å²) in [5.41, 5.74) is -15.0. The average molecular weight is 1990 g/mol. The largest absolute Gasteiger partial charge is 0.497 e. The average Bonchev–Trinajstić information content (AvgIpc) is 1.70. The molecule has 11 atom stereocenters. The summed E-state index contributed by atoms with van der Waals surface area (Å²) in [6.07, 6.45) is -0.672. The van der Waals surface area contributed by atoms with Gasteiger partial charge in [-0.1, -0.05) is 78.8 Å². The minimum absolute atomic E-state index is 0.0455. The molecule has 2 saturated heterocycles. The molecule has 2 amide bonds. The number of aliphatic hydroxyl groups is 22. The maximum atomic E-state index is 14.7. The lowest BCUT2D eigenvalue weighted by molar-refractivity contribution is -0.136. The van der Waals surface area contributed by atoms with Crippen LogP contribution in [0.4, 0.5) is 0 Å². The molecule has 47 heteroatoms. The first kappa shape index (κ1) is 122. The third kappa shape index (κ3) is 37.2. The van der Waals surface area contributed by atoms with Crippen LogP contribution >= 0.6 is 0 Å². The van der Waals surface area contributed by atoms with Crippen LogP contribution in [-0.4, -0.2) is 394 Å². The Morgan fingerprint density at radius 1 is 0.390 bits per heavy atom. The van der Waals surface area contributed by atoms with Gasteiger partial charge in [0.1, 0.15) is 111 Å². The second-order valence-corrected chi connectivity index (χ2v) is 40.4. The molecule has 1 aromatic rings. The summed E-state index contributed by atoms with van der Waals surface area (Å²) in [4.78, 5) is 107. The molecule has 2 aliphatic heterocycles. The Bertz CT molecular complexity index is 5080. The predicted octanol–water partition coefficient (Wildman–Crippen LogP) is 14.1. The number of carbonyl (C=O) groups is 2. The van der Waals surface area contributed by atoms with Crippen LogP contribution in [0.15, 0.2) is 120 Å². The topological polar surface area (TPSA) is 780 Å². The lowest BCUT2D eigenvalue weighted by Crippen LogP contribution is -2.50. The smallest absolute Gasteiger partial charge is 0.250 e. The van der Waals surface area contributed by atoms with Crippen molar-refractivity contribution >= 4 is 136 Å². The molecule has 47 nitrogen and oxygen atoms in total.